The molecule has 0 bridgehead atoms. The quantitative estimate of drug-likeness (QED) is 0.830. The van der Waals surface area contributed by atoms with Crippen molar-refractivity contribution >= 4 is 0 Å². The van der Waals surface area contributed by atoms with E-state index in [4.69, 9.17) is 5.73 Å². The molecule has 0 aromatic carbocycles. The summed E-state index contributed by atoms with van der Waals surface area (Å²) in [7, 11) is 0. The second-order valence-corrected chi connectivity index (χ2v) is 5.52. The van der Waals surface area contributed by atoms with Crippen molar-refractivity contribution in [1.82, 2.24) is 0 Å². The standard InChI is InChI=1S/C16H18N4/c1-2-5-14-12-7-4-3-6-11(12)13(8-17)15(20)16(14,9-18)10-19/h6,12,14H,2-5,7,20H2,1H3/t12-,14+/m1/s1. The van der Waals surface area contributed by atoms with Gasteiger partial charge in [-0.1, -0.05) is 19.4 Å². The maximum absolute atomic E-state index is 9.60. The van der Waals surface area contributed by atoms with Crippen molar-refractivity contribution in [2.75, 3.05) is 0 Å². The molecule has 2 N–H and O–H groups in total. The van der Waals surface area contributed by atoms with Gasteiger partial charge in [-0.15, -0.1) is 0 Å². The van der Waals surface area contributed by atoms with E-state index in [2.05, 4.69) is 24.3 Å². The van der Waals surface area contributed by atoms with Crippen molar-refractivity contribution in [2.45, 2.75) is 39.0 Å². The van der Waals surface area contributed by atoms with Crippen molar-refractivity contribution < 1.29 is 0 Å². The van der Waals surface area contributed by atoms with Crippen LogP contribution in [0.15, 0.2) is 22.9 Å². The molecule has 0 fully saturated rings. The first-order valence-electron chi connectivity index (χ1n) is 7.09. The predicted molar refractivity (Wildman–Crippen MR) is 74.3 cm³/mol. The summed E-state index contributed by atoms with van der Waals surface area (Å²) in [6, 6.07) is 6.38. The lowest BCUT2D eigenvalue weighted by molar-refractivity contribution is 0.219. The van der Waals surface area contributed by atoms with Crippen LogP contribution >= 0.6 is 0 Å². The monoisotopic (exact) mass is 266 g/mol. The van der Waals surface area contributed by atoms with Gasteiger partial charge in [0.05, 0.1) is 23.4 Å². The number of nitrogens with two attached hydrogens (primary N) is 1. The van der Waals surface area contributed by atoms with Crippen LogP contribution in [0, 0.1) is 51.2 Å². The minimum atomic E-state index is -1.35. The van der Waals surface area contributed by atoms with Gasteiger partial charge in [0, 0.05) is 5.92 Å². The molecule has 0 aromatic heterocycles. The number of hydrogen-bond acceptors (Lipinski definition) is 4. The van der Waals surface area contributed by atoms with E-state index in [1.165, 1.54) is 0 Å². The Hall–Kier alpha value is -2.25. The lowest BCUT2D eigenvalue weighted by Gasteiger charge is -2.43. The van der Waals surface area contributed by atoms with Crippen molar-refractivity contribution in [3.05, 3.63) is 22.9 Å². The molecule has 0 saturated carbocycles. The molecule has 20 heavy (non-hydrogen) atoms. The van der Waals surface area contributed by atoms with Gasteiger partial charge in [0.15, 0.2) is 5.41 Å². The maximum Gasteiger partial charge on any atom is 0.187 e. The highest BCUT2D eigenvalue weighted by Gasteiger charge is 2.52. The van der Waals surface area contributed by atoms with Crippen LogP contribution in [0.25, 0.3) is 0 Å². The lowest BCUT2D eigenvalue weighted by atomic mass is 9.57. The molecule has 102 valence electrons. The van der Waals surface area contributed by atoms with Crippen LogP contribution in [0.3, 0.4) is 0 Å². The molecule has 0 spiro atoms. The minimum Gasteiger partial charge on any atom is -0.399 e. The maximum atomic E-state index is 9.60. The molecule has 2 rings (SSSR count). The summed E-state index contributed by atoms with van der Waals surface area (Å²) in [5.41, 5.74) is 6.24. The number of rotatable bonds is 2. The molecular formula is C16H18N4. The molecule has 4 nitrogen and oxygen atoms in total. The van der Waals surface area contributed by atoms with E-state index < -0.39 is 5.41 Å². The Balaban J connectivity index is 2.71. The molecule has 2 aliphatic carbocycles. The third-order valence-corrected chi connectivity index (χ3v) is 4.57. The average molecular weight is 266 g/mol. The Morgan fingerprint density at radius 2 is 2.05 bits per heavy atom. The van der Waals surface area contributed by atoms with E-state index >= 15 is 0 Å². The van der Waals surface area contributed by atoms with Gasteiger partial charge in [-0.2, -0.15) is 15.8 Å². The van der Waals surface area contributed by atoms with Gasteiger partial charge in [-0.3, -0.25) is 0 Å². The van der Waals surface area contributed by atoms with E-state index in [0.717, 1.165) is 37.7 Å². The van der Waals surface area contributed by atoms with Gasteiger partial charge in [0.2, 0.25) is 0 Å². The summed E-state index contributed by atoms with van der Waals surface area (Å²) >= 11 is 0. The summed E-state index contributed by atoms with van der Waals surface area (Å²) in [5.74, 6) is 0.0103. The zero-order valence-corrected chi connectivity index (χ0v) is 11.7. The third kappa shape index (κ3) is 1.79. The van der Waals surface area contributed by atoms with Gasteiger partial charge in [0.25, 0.3) is 0 Å². The third-order valence-electron chi connectivity index (χ3n) is 4.57. The summed E-state index contributed by atoms with van der Waals surface area (Å²) in [6.07, 6.45) is 6.66. The molecule has 0 unspecified atom stereocenters. The first-order valence-corrected chi connectivity index (χ1v) is 7.09. The van der Waals surface area contributed by atoms with Gasteiger partial charge in [0.1, 0.15) is 6.07 Å². The molecule has 4 heteroatoms. The molecule has 0 amide bonds. The van der Waals surface area contributed by atoms with Crippen molar-refractivity contribution in [2.24, 2.45) is 23.0 Å². The summed E-state index contributed by atoms with van der Waals surface area (Å²) in [4.78, 5) is 0. The SMILES string of the molecule is CCC[C@H]1[C@@H]2CCCC=C2C(C#N)=C(N)C1(C#N)C#N. The number of nitriles is 3. The fraction of sp³-hybridized carbons (Fsp3) is 0.562. The van der Waals surface area contributed by atoms with E-state index in [1.54, 1.807) is 0 Å². The van der Waals surface area contributed by atoms with Crippen molar-refractivity contribution in [3.63, 3.8) is 0 Å². The van der Waals surface area contributed by atoms with Gasteiger partial charge < -0.3 is 5.73 Å². The Kier molecular flexibility index (Phi) is 3.82. The minimum absolute atomic E-state index is 0.105. The normalized spacial score (nSPS) is 27.6. The Morgan fingerprint density at radius 1 is 1.35 bits per heavy atom. The Bertz CT molecular complexity index is 577. The molecular weight excluding hydrogens is 248 g/mol. The zero-order chi connectivity index (χ0) is 14.8. The highest BCUT2D eigenvalue weighted by atomic mass is 14.7. The second-order valence-electron chi connectivity index (χ2n) is 5.52. The largest absolute Gasteiger partial charge is 0.399 e. The van der Waals surface area contributed by atoms with E-state index in [9.17, 15) is 15.8 Å². The van der Waals surface area contributed by atoms with Crippen LogP contribution in [-0.2, 0) is 0 Å². The van der Waals surface area contributed by atoms with Crippen molar-refractivity contribution in [3.8, 4) is 18.2 Å². The van der Waals surface area contributed by atoms with Crippen molar-refractivity contribution in [1.29, 1.82) is 15.8 Å². The second kappa shape index (κ2) is 5.40. The molecule has 0 aromatic rings. The lowest BCUT2D eigenvalue weighted by Crippen LogP contribution is -2.44. The zero-order valence-electron chi connectivity index (χ0n) is 11.7. The van der Waals surface area contributed by atoms with Crippen LogP contribution in [0.2, 0.25) is 0 Å². The summed E-state index contributed by atoms with van der Waals surface area (Å²) in [6.45, 7) is 2.05. The highest BCUT2D eigenvalue weighted by molar-refractivity contribution is 5.56. The fourth-order valence-electron chi connectivity index (χ4n) is 3.63. The number of fused-ring (bicyclic) bond motifs is 1. The smallest absolute Gasteiger partial charge is 0.187 e. The predicted octanol–water partition coefficient (Wildman–Crippen LogP) is 2.91. The van der Waals surface area contributed by atoms with Crippen LogP contribution in [0.5, 0.6) is 0 Å². The van der Waals surface area contributed by atoms with Gasteiger partial charge in [-0.05, 0) is 37.2 Å². The molecule has 0 aliphatic heterocycles. The first kappa shape index (κ1) is 14.2. The van der Waals surface area contributed by atoms with E-state index in [0.29, 0.717) is 5.57 Å². The fourth-order valence-corrected chi connectivity index (χ4v) is 3.63. The molecule has 0 saturated heterocycles. The van der Waals surface area contributed by atoms with Crippen LogP contribution in [-0.4, -0.2) is 0 Å². The van der Waals surface area contributed by atoms with Crippen LogP contribution < -0.4 is 5.73 Å². The highest BCUT2D eigenvalue weighted by Crippen LogP contribution is 2.52. The molecule has 0 radical (unpaired) electrons. The number of hydrogen-bond donors (Lipinski definition) is 1. The Morgan fingerprint density at radius 3 is 2.60 bits per heavy atom. The van der Waals surface area contributed by atoms with Gasteiger partial charge >= 0.3 is 0 Å². The molecule has 2 atom stereocenters. The van der Waals surface area contributed by atoms with Crippen LogP contribution in [0.1, 0.15) is 39.0 Å². The topological polar surface area (TPSA) is 97.4 Å². The number of allylic oxidation sites excluding steroid dienone is 4. The van der Waals surface area contributed by atoms with E-state index in [1.807, 2.05) is 6.92 Å². The Labute approximate surface area is 119 Å². The first-order chi connectivity index (χ1) is 9.66. The molecule has 0 heterocycles. The summed E-state index contributed by atoms with van der Waals surface area (Å²) in [5, 5.41) is 28.6. The van der Waals surface area contributed by atoms with Crippen LogP contribution in [0.4, 0.5) is 0 Å². The average Bonchev–Trinajstić information content (AvgIpc) is 2.49. The van der Waals surface area contributed by atoms with Gasteiger partial charge in [-0.25, -0.2) is 0 Å². The summed E-state index contributed by atoms with van der Waals surface area (Å²) < 4.78 is 0. The molecule has 2 aliphatic rings. The van der Waals surface area contributed by atoms with E-state index in [-0.39, 0.29) is 17.5 Å². The number of nitrogens with zero attached hydrogens (tertiary/aromatic N) is 3.